The maximum atomic E-state index is 10.8. The van der Waals surface area contributed by atoms with Crippen LogP contribution in [-0.2, 0) is 0 Å². The molecule has 2 rings (SSSR count). The summed E-state index contributed by atoms with van der Waals surface area (Å²) >= 11 is 0. The van der Waals surface area contributed by atoms with Gasteiger partial charge in [-0.05, 0) is 36.4 Å². The summed E-state index contributed by atoms with van der Waals surface area (Å²) in [5, 5.41) is 18.4. The van der Waals surface area contributed by atoms with Gasteiger partial charge in [0.2, 0.25) is 6.29 Å². The van der Waals surface area contributed by atoms with Crippen molar-refractivity contribution in [2.45, 2.75) is 13.2 Å². The largest absolute Gasteiger partial charge is 0.507 e. The van der Waals surface area contributed by atoms with Crippen molar-refractivity contribution < 1.29 is 29.2 Å². The van der Waals surface area contributed by atoms with E-state index in [1.54, 1.807) is 38.3 Å². The molecule has 0 bridgehead atoms. The van der Waals surface area contributed by atoms with E-state index in [2.05, 4.69) is 0 Å². The Kier molecular flexibility index (Phi) is 4.73. The smallest absolute Gasteiger partial charge is 0.339 e. The lowest BCUT2D eigenvalue weighted by molar-refractivity contribution is 0.0221. The van der Waals surface area contributed by atoms with Gasteiger partial charge < -0.3 is 24.4 Å². The molecule has 0 aliphatic heterocycles. The highest BCUT2D eigenvalue weighted by Gasteiger charge is 2.12. The minimum atomic E-state index is -1.20. The number of carboxylic acids is 1. The Hall–Kier alpha value is -2.89. The fraction of sp³-hybridized carbons (Fsp3) is 0.188. The molecular weight excluding hydrogens is 288 g/mol. The van der Waals surface area contributed by atoms with Crippen molar-refractivity contribution in [2.24, 2.45) is 0 Å². The van der Waals surface area contributed by atoms with Gasteiger partial charge in [-0.1, -0.05) is 0 Å². The van der Waals surface area contributed by atoms with Crippen LogP contribution in [0.5, 0.6) is 23.0 Å². The monoisotopic (exact) mass is 304 g/mol. The predicted octanol–water partition coefficient (Wildman–Crippen LogP) is 2.90. The summed E-state index contributed by atoms with van der Waals surface area (Å²) in [4.78, 5) is 10.8. The molecule has 0 aliphatic carbocycles. The third kappa shape index (κ3) is 3.82. The van der Waals surface area contributed by atoms with E-state index in [4.69, 9.17) is 19.3 Å². The summed E-state index contributed by atoms with van der Waals surface area (Å²) < 4.78 is 16.1. The molecule has 0 saturated carbocycles. The van der Waals surface area contributed by atoms with Crippen LogP contribution >= 0.6 is 0 Å². The van der Waals surface area contributed by atoms with Crippen LogP contribution in [0.4, 0.5) is 0 Å². The average Bonchev–Trinajstić information content (AvgIpc) is 2.47. The van der Waals surface area contributed by atoms with Crippen molar-refractivity contribution in [1.82, 2.24) is 0 Å². The van der Waals surface area contributed by atoms with Crippen LogP contribution in [0.15, 0.2) is 42.5 Å². The Morgan fingerprint density at radius 1 is 1.00 bits per heavy atom. The molecule has 0 spiro atoms. The maximum Gasteiger partial charge on any atom is 0.339 e. The molecule has 1 unspecified atom stereocenters. The van der Waals surface area contributed by atoms with E-state index in [1.807, 2.05) is 0 Å². The van der Waals surface area contributed by atoms with Crippen LogP contribution in [0.1, 0.15) is 17.3 Å². The van der Waals surface area contributed by atoms with E-state index in [0.29, 0.717) is 11.5 Å². The van der Waals surface area contributed by atoms with Crippen molar-refractivity contribution in [1.29, 1.82) is 0 Å². The number of aromatic hydroxyl groups is 1. The van der Waals surface area contributed by atoms with Gasteiger partial charge in [0.15, 0.2) is 0 Å². The number of carboxylic acid groups (broad SMARTS) is 1. The minimum absolute atomic E-state index is 0.184. The number of phenols is 1. The molecule has 6 heteroatoms. The number of ether oxygens (including phenoxy) is 3. The van der Waals surface area contributed by atoms with Crippen LogP contribution in [0.2, 0.25) is 0 Å². The molecule has 2 aromatic rings. The highest BCUT2D eigenvalue weighted by molar-refractivity contribution is 5.90. The first-order valence-corrected chi connectivity index (χ1v) is 6.53. The minimum Gasteiger partial charge on any atom is -0.507 e. The maximum absolute atomic E-state index is 10.8. The molecule has 0 aliphatic rings. The lowest BCUT2D eigenvalue weighted by Crippen LogP contribution is -2.19. The van der Waals surface area contributed by atoms with Crippen LogP contribution in [0.25, 0.3) is 0 Å². The SMILES string of the molecule is COc1ccc(OC(C)Oc2ccc(C(=O)O)c(O)c2)cc1. The van der Waals surface area contributed by atoms with Gasteiger partial charge in [0.05, 0.1) is 7.11 Å². The van der Waals surface area contributed by atoms with E-state index in [-0.39, 0.29) is 11.3 Å². The number of aromatic carboxylic acids is 1. The molecule has 2 aromatic carbocycles. The predicted molar refractivity (Wildman–Crippen MR) is 78.8 cm³/mol. The van der Waals surface area contributed by atoms with E-state index in [0.717, 1.165) is 5.75 Å². The first kappa shape index (κ1) is 15.5. The van der Waals surface area contributed by atoms with Gasteiger partial charge in [0, 0.05) is 13.0 Å². The van der Waals surface area contributed by atoms with Crippen LogP contribution in [0.3, 0.4) is 0 Å². The second kappa shape index (κ2) is 6.71. The number of hydrogen-bond donors (Lipinski definition) is 2. The first-order chi connectivity index (χ1) is 10.5. The van der Waals surface area contributed by atoms with Crippen LogP contribution < -0.4 is 14.2 Å². The Morgan fingerprint density at radius 2 is 1.55 bits per heavy atom. The number of hydrogen-bond acceptors (Lipinski definition) is 5. The Labute approximate surface area is 127 Å². The van der Waals surface area contributed by atoms with Crippen molar-refractivity contribution in [3.8, 4) is 23.0 Å². The topological polar surface area (TPSA) is 85.2 Å². The third-order valence-corrected chi connectivity index (χ3v) is 2.86. The molecule has 0 radical (unpaired) electrons. The van der Waals surface area contributed by atoms with Gasteiger partial charge >= 0.3 is 5.97 Å². The number of benzene rings is 2. The molecule has 0 fully saturated rings. The van der Waals surface area contributed by atoms with Crippen molar-refractivity contribution in [3.05, 3.63) is 48.0 Å². The van der Waals surface area contributed by atoms with Gasteiger partial charge in [0.25, 0.3) is 0 Å². The number of carbonyl (C=O) groups is 1. The zero-order valence-corrected chi connectivity index (χ0v) is 12.1. The molecule has 6 nitrogen and oxygen atoms in total. The molecule has 116 valence electrons. The Bertz CT molecular complexity index is 650. The van der Waals surface area contributed by atoms with Crippen molar-refractivity contribution >= 4 is 5.97 Å². The third-order valence-electron chi connectivity index (χ3n) is 2.86. The fourth-order valence-electron chi connectivity index (χ4n) is 1.83. The summed E-state index contributed by atoms with van der Waals surface area (Å²) in [5.41, 5.74) is -0.184. The molecule has 0 saturated heterocycles. The summed E-state index contributed by atoms with van der Waals surface area (Å²) in [6.45, 7) is 1.69. The van der Waals surface area contributed by atoms with E-state index < -0.39 is 12.3 Å². The van der Waals surface area contributed by atoms with Crippen LogP contribution in [-0.4, -0.2) is 29.6 Å². The number of methoxy groups -OCH3 is 1. The Morgan fingerprint density at radius 3 is 2.09 bits per heavy atom. The molecule has 0 heterocycles. The summed E-state index contributed by atoms with van der Waals surface area (Å²) in [6, 6.07) is 11.0. The van der Waals surface area contributed by atoms with Crippen LogP contribution in [0, 0.1) is 0 Å². The lowest BCUT2D eigenvalue weighted by Gasteiger charge is -2.17. The number of rotatable bonds is 6. The van der Waals surface area contributed by atoms with Gasteiger partial charge in [-0.15, -0.1) is 0 Å². The van der Waals surface area contributed by atoms with E-state index in [9.17, 15) is 9.90 Å². The average molecular weight is 304 g/mol. The summed E-state index contributed by atoms with van der Waals surface area (Å²) in [6.07, 6.45) is -0.622. The first-order valence-electron chi connectivity index (χ1n) is 6.53. The van der Waals surface area contributed by atoms with E-state index >= 15 is 0 Å². The summed E-state index contributed by atoms with van der Waals surface area (Å²) in [7, 11) is 1.58. The quantitative estimate of drug-likeness (QED) is 0.798. The second-order valence-corrected chi connectivity index (χ2v) is 4.46. The highest BCUT2D eigenvalue weighted by atomic mass is 16.7. The highest BCUT2D eigenvalue weighted by Crippen LogP contribution is 2.25. The van der Waals surface area contributed by atoms with Gasteiger partial charge in [-0.25, -0.2) is 4.79 Å². The molecule has 0 aromatic heterocycles. The van der Waals surface area contributed by atoms with Gasteiger partial charge in [-0.2, -0.15) is 0 Å². The molecule has 22 heavy (non-hydrogen) atoms. The second-order valence-electron chi connectivity index (χ2n) is 4.46. The standard InChI is InChI=1S/C16H16O6/c1-10(21-12-5-3-11(20-2)4-6-12)22-13-7-8-14(16(18)19)15(17)9-13/h3-10,17H,1-2H3,(H,18,19). The van der Waals surface area contributed by atoms with Gasteiger partial charge in [-0.3, -0.25) is 0 Å². The zero-order chi connectivity index (χ0) is 16.1. The summed E-state index contributed by atoms with van der Waals surface area (Å²) in [5.74, 6) is 0.0616. The van der Waals surface area contributed by atoms with Crippen molar-refractivity contribution in [3.63, 3.8) is 0 Å². The Balaban J connectivity index is 2.00. The van der Waals surface area contributed by atoms with Gasteiger partial charge in [0.1, 0.15) is 28.6 Å². The molecule has 0 amide bonds. The van der Waals surface area contributed by atoms with E-state index in [1.165, 1.54) is 18.2 Å². The zero-order valence-electron chi connectivity index (χ0n) is 12.1. The van der Waals surface area contributed by atoms with Crippen molar-refractivity contribution in [2.75, 3.05) is 7.11 Å². The molecule has 1 atom stereocenters. The lowest BCUT2D eigenvalue weighted by atomic mass is 10.2. The normalized spacial score (nSPS) is 11.5. The molecular formula is C16H16O6. The fourth-order valence-corrected chi connectivity index (χ4v) is 1.83. The molecule has 2 N–H and O–H groups in total.